The highest BCUT2D eigenvalue weighted by molar-refractivity contribution is 5.88. The van der Waals surface area contributed by atoms with Crippen LogP contribution in [0.3, 0.4) is 0 Å². The van der Waals surface area contributed by atoms with Crippen LogP contribution in [-0.4, -0.2) is 12.1 Å². The lowest BCUT2D eigenvalue weighted by Crippen LogP contribution is -2.44. The summed E-state index contributed by atoms with van der Waals surface area (Å²) in [5, 5.41) is 0. The number of rotatable bonds is 0. The maximum atomic E-state index is 11.3. The summed E-state index contributed by atoms with van der Waals surface area (Å²) in [7, 11) is 0. The molecule has 1 saturated heterocycles. The quantitative estimate of drug-likeness (QED) is 0.423. The van der Waals surface area contributed by atoms with Crippen LogP contribution in [0.5, 0.6) is 0 Å². The van der Waals surface area contributed by atoms with Crippen LogP contribution < -0.4 is 0 Å². The van der Waals surface area contributed by atoms with Crippen LogP contribution in [0.4, 0.5) is 0 Å². The van der Waals surface area contributed by atoms with Gasteiger partial charge in [-0.1, -0.05) is 19.9 Å². The summed E-state index contributed by atoms with van der Waals surface area (Å²) in [5.74, 6) is -0.177. The molecule has 0 aromatic rings. The Kier molecular flexibility index (Phi) is 1.94. The first-order valence-electron chi connectivity index (χ1n) is 5.01. The molecular weight excluding hydrogens is 164 g/mol. The molecule has 1 aliphatic carbocycles. The van der Waals surface area contributed by atoms with E-state index in [0.717, 1.165) is 12.8 Å². The Bertz CT molecular complexity index is 257. The van der Waals surface area contributed by atoms with E-state index < -0.39 is 0 Å². The van der Waals surface area contributed by atoms with Crippen LogP contribution in [-0.2, 0) is 9.53 Å². The van der Waals surface area contributed by atoms with Crippen LogP contribution in [0, 0.1) is 5.41 Å². The second-order valence-corrected chi connectivity index (χ2v) is 4.57. The van der Waals surface area contributed by atoms with Gasteiger partial charge in [0, 0.05) is 11.0 Å². The highest BCUT2D eigenvalue weighted by atomic mass is 16.5. The fourth-order valence-corrected chi connectivity index (χ4v) is 2.54. The first-order chi connectivity index (χ1) is 6.12. The molecule has 2 fully saturated rings. The standard InChI is InChI=1S/C11H16O2/c1-8-7-11(2)6-4-3-5-9(11)13-10(8)12/h9H,1,3-7H2,2H3/t9-,11-/m0/s1. The third kappa shape index (κ3) is 1.38. The molecule has 0 N–H and O–H groups in total. The van der Waals surface area contributed by atoms with Gasteiger partial charge in [0.05, 0.1) is 0 Å². The summed E-state index contributed by atoms with van der Waals surface area (Å²) in [6.45, 7) is 5.97. The van der Waals surface area contributed by atoms with E-state index in [1.54, 1.807) is 0 Å². The predicted molar refractivity (Wildman–Crippen MR) is 50.2 cm³/mol. The van der Waals surface area contributed by atoms with E-state index in [0.29, 0.717) is 5.57 Å². The number of hydrogen-bond acceptors (Lipinski definition) is 2. The zero-order valence-electron chi connectivity index (χ0n) is 8.14. The van der Waals surface area contributed by atoms with Crippen LogP contribution in [0.1, 0.15) is 39.0 Å². The van der Waals surface area contributed by atoms with Crippen molar-refractivity contribution < 1.29 is 9.53 Å². The molecule has 0 spiro atoms. The number of ether oxygens (including phenoxy) is 1. The minimum Gasteiger partial charge on any atom is -0.458 e. The molecule has 0 unspecified atom stereocenters. The molecule has 0 radical (unpaired) electrons. The Hall–Kier alpha value is -0.790. The fraction of sp³-hybridized carbons (Fsp3) is 0.727. The van der Waals surface area contributed by atoms with Gasteiger partial charge in [0.2, 0.25) is 0 Å². The zero-order valence-corrected chi connectivity index (χ0v) is 8.14. The summed E-state index contributed by atoms with van der Waals surface area (Å²) >= 11 is 0. The van der Waals surface area contributed by atoms with Crippen molar-refractivity contribution in [1.29, 1.82) is 0 Å². The number of carbonyl (C=O) groups is 1. The Morgan fingerprint density at radius 2 is 2.31 bits per heavy atom. The van der Waals surface area contributed by atoms with E-state index >= 15 is 0 Å². The topological polar surface area (TPSA) is 26.3 Å². The summed E-state index contributed by atoms with van der Waals surface area (Å²) in [6.07, 6.45) is 5.65. The summed E-state index contributed by atoms with van der Waals surface area (Å²) in [5.41, 5.74) is 0.837. The van der Waals surface area contributed by atoms with E-state index in [-0.39, 0.29) is 17.5 Å². The molecule has 0 amide bonds. The monoisotopic (exact) mass is 180 g/mol. The van der Waals surface area contributed by atoms with Crippen molar-refractivity contribution in [3.63, 3.8) is 0 Å². The highest BCUT2D eigenvalue weighted by Crippen LogP contribution is 2.45. The van der Waals surface area contributed by atoms with Gasteiger partial charge in [-0.25, -0.2) is 4.79 Å². The van der Waals surface area contributed by atoms with Gasteiger partial charge in [-0.05, 0) is 25.7 Å². The first-order valence-corrected chi connectivity index (χ1v) is 5.01. The van der Waals surface area contributed by atoms with Gasteiger partial charge in [0.1, 0.15) is 6.10 Å². The molecule has 2 aliphatic rings. The highest BCUT2D eigenvalue weighted by Gasteiger charge is 2.44. The number of carbonyl (C=O) groups excluding carboxylic acids is 1. The third-order valence-corrected chi connectivity index (χ3v) is 3.40. The molecule has 2 atom stereocenters. The third-order valence-electron chi connectivity index (χ3n) is 3.40. The molecule has 72 valence electrons. The normalized spacial score (nSPS) is 39.6. The Morgan fingerprint density at radius 1 is 1.54 bits per heavy atom. The SMILES string of the molecule is C=C1C[C@]2(C)CCCC[C@@H]2OC1=O. The summed E-state index contributed by atoms with van der Waals surface area (Å²) in [4.78, 5) is 11.3. The smallest absolute Gasteiger partial charge is 0.333 e. The molecule has 0 aromatic carbocycles. The van der Waals surface area contributed by atoms with E-state index in [9.17, 15) is 4.79 Å². The van der Waals surface area contributed by atoms with Gasteiger partial charge in [0.25, 0.3) is 0 Å². The van der Waals surface area contributed by atoms with Crippen LogP contribution in [0.2, 0.25) is 0 Å². The fourth-order valence-electron chi connectivity index (χ4n) is 2.54. The van der Waals surface area contributed by atoms with Crippen molar-refractivity contribution in [2.75, 3.05) is 0 Å². The van der Waals surface area contributed by atoms with E-state index in [1.807, 2.05) is 0 Å². The molecular formula is C11H16O2. The molecule has 2 heteroatoms. The van der Waals surface area contributed by atoms with E-state index in [1.165, 1.54) is 19.3 Å². The molecule has 2 rings (SSSR count). The average Bonchev–Trinajstić information content (AvgIpc) is 2.07. The number of hydrogen-bond donors (Lipinski definition) is 0. The van der Waals surface area contributed by atoms with Crippen molar-refractivity contribution in [1.82, 2.24) is 0 Å². The van der Waals surface area contributed by atoms with Crippen LogP contribution in [0.15, 0.2) is 12.2 Å². The van der Waals surface area contributed by atoms with E-state index in [4.69, 9.17) is 4.74 Å². The van der Waals surface area contributed by atoms with Gasteiger partial charge in [0.15, 0.2) is 0 Å². The second kappa shape index (κ2) is 2.86. The Labute approximate surface area is 79.0 Å². The average molecular weight is 180 g/mol. The van der Waals surface area contributed by atoms with Crippen molar-refractivity contribution >= 4 is 5.97 Å². The van der Waals surface area contributed by atoms with Crippen molar-refractivity contribution in [2.45, 2.75) is 45.1 Å². The molecule has 0 bridgehead atoms. The van der Waals surface area contributed by atoms with Crippen molar-refractivity contribution in [3.8, 4) is 0 Å². The lowest BCUT2D eigenvalue weighted by atomic mass is 9.68. The lowest BCUT2D eigenvalue weighted by Gasteiger charge is -2.44. The number of esters is 1. The van der Waals surface area contributed by atoms with Gasteiger partial charge in [-0.2, -0.15) is 0 Å². The summed E-state index contributed by atoms with van der Waals surface area (Å²) < 4.78 is 5.37. The van der Waals surface area contributed by atoms with Gasteiger partial charge >= 0.3 is 5.97 Å². The summed E-state index contributed by atoms with van der Waals surface area (Å²) in [6, 6.07) is 0. The minimum absolute atomic E-state index is 0.152. The molecule has 1 saturated carbocycles. The van der Waals surface area contributed by atoms with Crippen molar-refractivity contribution in [3.05, 3.63) is 12.2 Å². The molecule has 1 heterocycles. The Balaban J connectivity index is 2.19. The van der Waals surface area contributed by atoms with Gasteiger partial charge < -0.3 is 4.74 Å². The van der Waals surface area contributed by atoms with E-state index in [2.05, 4.69) is 13.5 Å². The largest absolute Gasteiger partial charge is 0.458 e. The van der Waals surface area contributed by atoms with Crippen molar-refractivity contribution in [2.24, 2.45) is 5.41 Å². The van der Waals surface area contributed by atoms with Crippen LogP contribution >= 0.6 is 0 Å². The lowest BCUT2D eigenvalue weighted by molar-refractivity contribution is -0.161. The molecule has 1 aliphatic heterocycles. The predicted octanol–water partition coefficient (Wildman–Crippen LogP) is 2.44. The molecule has 2 nitrogen and oxygen atoms in total. The first kappa shape index (κ1) is 8.79. The number of fused-ring (bicyclic) bond motifs is 1. The van der Waals surface area contributed by atoms with Gasteiger partial charge in [-0.15, -0.1) is 0 Å². The van der Waals surface area contributed by atoms with Crippen LogP contribution in [0.25, 0.3) is 0 Å². The van der Waals surface area contributed by atoms with Gasteiger partial charge in [-0.3, -0.25) is 0 Å². The molecule has 0 aromatic heterocycles. The minimum atomic E-state index is -0.177. The molecule has 13 heavy (non-hydrogen) atoms. The maximum absolute atomic E-state index is 11.3. The second-order valence-electron chi connectivity index (χ2n) is 4.57. The maximum Gasteiger partial charge on any atom is 0.333 e. The zero-order chi connectivity index (χ0) is 9.47. The Morgan fingerprint density at radius 3 is 3.08 bits per heavy atom.